The molecular weight excluding hydrogens is 446 g/mol. The van der Waals surface area contributed by atoms with E-state index in [9.17, 15) is 4.79 Å². The number of piperidine rings is 1. The number of nitrogens with one attached hydrogen (secondary N) is 1. The van der Waals surface area contributed by atoms with Crippen molar-refractivity contribution in [2.45, 2.75) is 25.2 Å². The van der Waals surface area contributed by atoms with Crippen LogP contribution in [0.25, 0.3) is 11.3 Å². The fraction of sp³-hybridized carbons (Fsp3) is 0.267. The third kappa shape index (κ3) is 5.77. The van der Waals surface area contributed by atoms with E-state index in [0.717, 1.165) is 42.9 Å². The van der Waals surface area contributed by atoms with E-state index >= 15 is 0 Å². The maximum Gasteiger partial charge on any atom is 0.224 e. The summed E-state index contributed by atoms with van der Waals surface area (Å²) >= 11 is 0. The molecule has 1 aliphatic rings. The number of hydrogen-bond acceptors (Lipinski definition) is 5. The standard InChI is InChI=1S/C30H31N5O/c36-30(32-19-17-27(23-9-3-1-4-10-23)24-11-5-2-6-12-24)26-14-8-20-35(22-26)29-16-15-28(33-34-29)25-13-7-18-31-21-25/h1-7,9-13,15-16,18,21,26-27H,8,14,17,19-20,22H2,(H,32,36). The molecule has 4 aromatic rings. The summed E-state index contributed by atoms with van der Waals surface area (Å²) in [7, 11) is 0. The summed E-state index contributed by atoms with van der Waals surface area (Å²) < 4.78 is 0. The molecule has 0 bridgehead atoms. The average molecular weight is 478 g/mol. The molecule has 5 rings (SSSR count). The van der Waals surface area contributed by atoms with Gasteiger partial charge in [-0.2, -0.15) is 0 Å². The largest absolute Gasteiger partial charge is 0.356 e. The first-order valence-electron chi connectivity index (χ1n) is 12.6. The van der Waals surface area contributed by atoms with Crippen LogP contribution in [0.3, 0.4) is 0 Å². The molecule has 36 heavy (non-hydrogen) atoms. The Morgan fingerprint density at radius 3 is 2.31 bits per heavy atom. The average Bonchev–Trinajstić information content (AvgIpc) is 2.97. The van der Waals surface area contributed by atoms with E-state index in [4.69, 9.17) is 0 Å². The van der Waals surface area contributed by atoms with Crippen molar-refractivity contribution in [3.05, 3.63) is 108 Å². The van der Waals surface area contributed by atoms with Crippen molar-refractivity contribution in [3.63, 3.8) is 0 Å². The fourth-order valence-electron chi connectivity index (χ4n) is 4.94. The molecule has 6 nitrogen and oxygen atoms in total. The molecule has 1 saturated heterocycles. The molecule has 0 radical (unpaired) electrons. The van der Waals surface area contributed by atoms with Gasteiger partial charge in [0, 0.05) is 43.5 Å². The van der Waals surface area contributed by atoms with Crippen LogP contribution in [0.1, 0.15) is 36.3 Å². The van der Waals surface area contributed by atoms with Gasteiger partial charge in [0.05, 0.1) is 11.6 Å². The molecule has 1 atom stereocenters. The first-order chi connectivity index (χ1) is 17.8. The quantitative estimate of drug-likeness (QED) is 0.383. The number of rotatable bonds is 8. The maximum atomic E-state index is 13.1. The molecule has 1 amide bonds. The zero-order chi connectivity index (χ0) is 24.6. The van der Waals surface area contributed by atoms with Crippen LogP contribution in [-0.2, 0) is 4.79 Å². The van der Waals surface area contributed by atoms with Crippen LogP contribution in [0.4, 0.5) is 5.82 Å². The highest BCUT2D eigenvalue weighted by atomic mass is 16.1. The molecule has 182 valence electrons. The van der Waals surface area contributed by atoms with Gasteiger partial charge in [0.25, 0.3) is 0 Å². The van der Waals surface area contributed by atoms with Gasteiger partial charge < -0.3 is 10.2 Å². The van der Waals surface area contributed by atoms with Crippen LogP contribution >= 0.6 is 0 Å². The van der Waals surface area contributed by atoms with Crippen molar-refractivity contribution in [2.24, 2.45) is 5.92 Å². The van der Waals surface area contributed by atoms with Gasteiger partial charge >= 0.3 is 0 Å². The van der Waals surface area contributed by atoms with E-state index in [0.29, 0.717) is 13.1 Å². The van der Waals surface area contributed by atoms with Crippen molar-refractivity contribution in [2.75, 3.05) is 24.5 Å². The minimum absolute atomic E-state index is 0.0505. The molecule has 3 heterocycles. The minimum atomic E-state index is -0.0505. The molecule has 1 N–H and O–H groups in total. The molecule has 6 heteroatoms. The number of hydrogen-bond donors (Lipinski definition) is 1. The lowest BCUT2D eigenvalue weighted by Gasteiger charge is -2.32. The second-order valence-electron chi connectivity index (χ2n) is 9.26. The van der Waals surface area contributed by atoms with Gasteiger partial charge in [-0.25, -0.2) is 0 Å². The highest BCUT2D eigenvalue weighted by Crippen LogP contribution is 2.28. The summed E-state index contributed by atoms with van der Waals surface area (Å²) in [5, 5.41) is 12.0. The van der Waals surface area contributed by atoms with Gasteiger partial charge in [-0.3, -0.25) is 9.78 Å². The van der Waals surface area contributed by atoms with Crippen molar-refractivity contribution in [3.8, 4) is 11.3 Å². The Hall–Kier alpha value is -4.06. The summed E-state index contributed by atoms with van der Waals surface area (Å²) in [6.07, 6.45) is 6.24. The second kappa shape index (κ2) is 11.6. The number of benzene rings is 2. The van der Waals surface area contributed by atoms with E-state index in [1.165, 1.54) is 11.1 Å². The maximum absolute atomic E-state index is 13.1. The third-order valence-corrected chi connectivity index (χ3v) is 6.86. The SMILES string of the molecule is O=C(NCCC(c1ccccc1)c1ccccc1)C1CCCN(c2ccc(-c3cccnc3)nn2)C1. The number of aromatic nitrogens is 3. The van der Waals surface area contributed by atoms with Crippen LogP contribution in [0.5, 0.6) is 0 Å². The molecular formula is C30H31N5O. The number of amides is 1. The van der Waals surface area contributed by atoms with Crippen LogP contribution in [0, 0.1) is 5.92 Å². The molecule has 0 spiro atoms. The normalized spacial score (nSPS) is 15.6. The zero-order valence-electron chi connectivity index (χ0n) is 20.3. The number of nitrogens with zero attached hydrogens (tertiary/aromatic N) is 4. The summed E-state index contributed by atoms with van der Waals surface area (Å²) in [5.74, 6) is 1.14. The summed E-state index contributed by atoms with van der Waals surface area (Å²) in [5.41, 5.74) is 4.28. The second-order valence-corrected chi connectivity index (χ2v) is 9.26. The Morgan fingerprint density at radius 1 is 0.917 bits per heavy atom. The smallest absolute Gasteiger partial charge is 0.224 e. The van der Waals surface area contributed by atoms with E-state index in [-0.39, 0.29) is 17.7 Å². The topological polar surface area (TPSA) is 71.0 Å². The lowest BCUT2D eigenvalue weighted by atomic mass is 9.88. The molecule has 2 aromatic heterocycles. The Balaban J connectivity index is 1.18. The van der Waals surface area contributed by atoms with Crippen LogP contribution in [0.15, 0.2) is 97.3 Å². The predicted octanol–water partition coefficient (Wildman–Crippen LogP) is 5.09. The van der Waals surface area contributed by atoms with Crippen LogP contribution in [0.2, 0.25) is 0 Å². The van der Waals surface area contributed by atoms with Gasteiger partial charge in [0.1, 0.15) is 0 Å². The first kappa shape index (κ1) is 23.7. The van der Waals surface area contributed by atoms with Gasteiger partial charge in [0.15, 0.2) is 5.82 Å². The predicted molar refractivity (Wildman–Crippen MR) is 143 cm³/mol. The van der Waals surface area contributed by atoms with Gasteiger partial charge in [-0.15, -0.1) is 10.2 Å². The van der Waals surface area contributed by atoms with Gasteiger partial charge in [0.2, 0.25) is 5.91 Å². The lowest BCUT2D eigenvalue weighted by molar-refractivity contribution is -0.125. The van der Waals surface area contributed by atoms with Crippen molar-refractivity contribution < 1.29 is 4.79 Å². The highest BCUT2D eigenvalue weighted by molar-refractivity contribution is 5.79. The minimum Gasteiger partial charge on any atom is -0.356 e. The molecule has 0 saturated carbocycles. The van der Waals surface area contributed by atoms with Crippen LogP contribution in [-0.4, -0.2) is 40.7 Å². The van der Waals surface area contributed by atoms with Gasteiger partial charge in [-0.05, 0) is 54.7 Å². The molecule has 0 aliphatic carbocycles. The Bertz CT molecular complexity index is 1190. The van der Waals surface area contributed by atoms with Gasteiger partial charge in [-0.1, -0.05) is 60.7 Å². The third-order valence-electron chi connectivity index (χ3n) is 6.86. The van der Waals surface area contributed by atoms with E-state index in [1.54, 1.807) is 12.4 Å². The molecule has 1 fully saturated rings. The first-order valence-corrected chi connectivity index (χ1v) is 12.6. The molecule has 1 aliphatic heterocycles. The fourth-order valence-corrected chi connectivity index (χ4v) is 4.94. The van der Waals surface area contributed by atoms with E-state index < -0.39 is 0 Å². The van der Waals surface area contributed by atoms with Crippen LogP contribution < -0.4 is 10.2 Å². The number of pyridine rings is 1. The summed E-state index contributed by atoms with van der Waals surface area (Å²) in [6.45, 7) is 2.19. The zero-order valence-corrected chi connectivity index (χ0v) is 20.3. The Kier molecular flexibility index (Phi) is 7.61. The van der Waals surface area contributed by atoms with E-state index in [1.807, 2.05) is 36.4 Å². The highest BCUT2D eigenvalue weighted by Gasteiger charge is 2.27. The molecule has 2 aromatic carbocycles. The molecule has 1 unspecified atom stereocenters. The van der Waals surface area contributed by atoms with Crippen molar-refractivity contribution >= 4 is 11.7 Å². The number of carbonyl (C=O) groups excluding carboxylic acids is 1. The number of carbonyl (C=O) groups is 1. The van der Waals surface area contributed by atoms with Crippen molar-refractivity contribution in [1.29, 1.82) is 0 Å². The number of anilines is 1. The summed E-state index contributed by atoms with van der Waals surface area (Å²) in [4.78, 5) is 19.4. The summed E-state index contributed by atoms with van der Waals surface area (Å²) in [6, 6.07) is 28.9. The Labute approximate surface area is 212 Å². The Morgan fingerprint density at radius 2 is 1.67 bits per heavy atom. The van der Waals surface area contributed by atoms with Crippen molar-refractivity contribution in [1.82, 2.24) is 20.5 Å². The monoisotopic (exact) mass is 477 g/mol. The lowest BCUT2D eigenvalue weighted by Crippen LogP contribution is -2.43. The van der Waals surface area contributed by atoms with E-state index in [2.05, 4.69) is 73.9 Å².